The van der Waals surface area contributed by atoms with E-state index in [4.69, 9.17) is 14.3 Å². The van der Waals surface area contributed by atoms with E-state index in [1.54, 1.807) is 42.8 Å². The number of nitrogens with one attached hydrogen (secondary N) is 1. The molecule has 1 N–H and O–H groups in total. The van der Waals surface area contributed by atoms with Crippen molar-refractivity contribution in [2.24, 2.45) is 11.2 Å². The van der Waals surface area contributed by atoms with E-state index in [2.05, 4.69) is 10.4 Å². The van der Waals surface area contributed by atoms with Gasteiger partial charge in [-0.15, -0.1) is 5.01 Å². The zero-order valence-corrected chi connectivity index (χ0v) is 25.6. The van der Waals surface area contributed by atoms with Crippen LogP contribution in [0.1, 0.15) is 32.0 Å². The van der Waals surface area contributed by atoms with Gasteiger partial charge in [0.05, 0.1) is 34.2 Å². The maximum Gasteiger partial charge on any atom is 0.435 e. The highest BCUT2D eigenvalue weighted by Gasteiger charge is 2.35. The number of aryl methyl sites for hydroxylation is 1. The van der Waals surface area contributed by atoms with Crippen molar-refractivity contribution >= 4 is 22.1 Å². The molecule has 45 heavy (non-hydrogen) atoms. The Morgan fingerprint density at radius 1 is 1.11 bits per heavy atom. The van der Waals surface area contributed by atoms with Gasteiger partial charge in [0.25, 0.3) is 16.3 Å². The van der Waals surface area contributed by atoms with Crippen LogP contribution in [0.3, 0.4) is 0 Å². The smallest absolute Gasteiger partial charge is 0.435 e. The summed E-state index contributed by atoms with van der Waals surface area (Å²) in [6.45, 7) is 5.73. The summed E-state index contributed by atoms with van der Waals surface area (Å²) < 4.78 is 78.2. The molecule has 2 aromatic carbocycles. The molecule has 18 heteroatoms. The van der Waals surface area contributed by atoms with Gasteiger partial charge in [-0.25, -0.2) is 22.6 Å². The highest BCUT2D eigenvalue weighted by atomic mass is 32.2. The molecule has 244 valence electrons. The number of benzene rings is 2. The van der Waals surface area contributed by atoms with Gasteiger partial charge in [-0.05, 0) is 37.3 Å². The molecule has 0 saturated heterocycles. The van der Waals surface area contributed by atoms with Gasteiger partial charge in [-0.1, -0.05) is 43.7 Å². The lowest BCUT2D eigenvalue weighted by molar-refractivity contribution is -0.707. The summed E-state index contributed by atoms with van der Waals surface area (Å²) in [4.78, 5) is 28.0. The first kappa shape index (κ1) is 34.6. The summed E-state index contributed by atoms with van der Waals surface area (Å²) in [6.07, 6.45) is -7.21. The average molecular weight is 657 g/mol. The van der Waals surface area contributed by atoms with Crippen LogP contribution in [0.4, 0.5) is 18.0 Å². The molecular weight excluding hydrogens is 625 g/mol. The number of carbonyl (C=O) groups is 2. The average Bonchev–Trinajstić information content (AvgIpc) is 3.42. The maximum atomic E-state index is 13.5. The van der Waals surface area contributed by atoms with Gasteiger partial charge >= 0.3 is 18.2 Å². The number of amides is 1. The summed E-state index contributed by atoms with van der Waals surface area (Å²) in [6, 6.07) is 12.3. The summed E-state index contributed by atoms with van der Waals surface area (Å²) in [5, 5.41) is 19.8. The van der Waals surface area contributed by atoms with Crippen LogP contribution in [-0.4, -0.2) is 66.7 Å². The van der Waals surface area contributed by atoms with Gasteiger partial charge in [-0.2, -0.15) is 18.3 Å². The fraction of sp³-hybridized carbons (Fsp3) is 0.370. The molecule has 3 rings (SSSR count). The van der Waals surface area contributed by atoms with Crippen molar-refractivity contribution in [3.63, 3.8) is 0 Å². The minimum atomic E-state index is -4.72. The van der Waals surface area contributed by atoms with Crippen LogP contribution < -0.4 is 4.72 Å². The summed E-state index contributed by atoms with van der Waals surface area (Å²) in [5.41, 5.74) is 0.490. The van der Waals surface area contributed by atoms with E-state index >= 15 is 0 Å². The van der Waals surface area contributed by atoms with Gasteiger partial charge in [-0.3, -0.25) is 9.63 Å². The SMILES string of the molecule is Cc1ccc(-c2cc(C(F)(F)F)nn2-c2ccc(S(=O)(=O)NC(=O)OCCN(C)/[N+]([O-])=N/OC(C)OC(=O)C(C)C)cc2)cc1. The van der Waals surface area contributed by atoms with E-state index in [9.17, 15) is 36.4 Å². The van der Waals surface area contributed by atoms with Gasteiger partial charge < -0.3 is 14.7 Å². The Hall–Kier alpha value is -4.87. The highest BCUT2D eigenvalue weighted by Crippen LogP contribution is 2.33. The normalized spacial score (nSPS) is 12.9. The van der Waals surface area contributed by atoms with Crippen LogP contribution in [0.25, 0.3) is 16.9 Å². The Labute approximate surface area is 256 Å². The van der Waals surface area contributed by atoms with E-state index in [1.165, 1.54) is 26.1 Å². The topological polar surface area (TPSA) is 167 Å². The van der Waals surface area contributed by atoms with Crippen LogP contribution in [-0.2, 0) is 35.3 Å². The van der Waals surface area contributed by atoms with Crippen LogP contribution in [0.5, 0.6) is 0 Å². The molecule has 0 saturated carbocycles. The molecule has 1 amide bonds. The lowest BCUT2D eigenvalue weighted by Gasteiger charge is -2.15. The number of hydrogen-bond donors (Lipinski definition) is 1. The van der Waals surface area contributed by atoms with Crippen molar-refractivity contribution in [2.75, 3.05) is 20.2 Å². The summed E-state index contributed by atoms with van der Waals surface area (Å²) in [5.74, 6) is -0.970. The Kier molecular flexibility index (Phi) is 11.0. The molecule has 1 heterocycles. The first-order valence-electron chi connectivity index (χ1n) is 13.3. The second-order valence-electron chi connectivity index (χ2n) is 9.91. The molecule has 1 unspecified atom stereocenters. The number of esters is 1. The van der Waals surface area contributed by atoms with Crippen LogP contribution >= 0.6 is 0 Å². The number of likely N-dealkylation sites (N-methyl/N-ethyl adjacent to an activating group) is 1. The number of hydrogen-bond acceptors (Lipinski definition) is 10. The number of sulfonamides is 1. The molecule has 3 aromatic rings. The molecule has 0 bridgehead atoms. The Bertz CT molecular complexity index is 1630. The van der Waals surface area contributed by atoms with Gasteiger partial charge in [0.1, 0.15) is 13.2 Å². The third-order valence-corrected chi connectivity index (χ3v) is 7.24. The summed E-state index contributed by atoms with van der Waals surface area (Å²) in [7, 11) is -3.18. The first-order chi connectivity index (χ1) is 21.0. The number of alkyl halides is 3. The van der Waals surface area contributed by atoms with Crippen LogP contribution in [0, 0.1) is 18.0 Å². The Morgan fingerprint density at radius 2 is 1.73 bits per heavy atom. The monoisotopic (exact) mass is 656 g/mol. The number of rotatable bonds is 12. The van der Waals surface area contributed by atoms with Gasteiger partial charge in [0.15, 0.2) is 5.69 Å². The van der Waals surface area contributed by atoms with Crippen molar-refractivity contribution in [1.82, 2.24) is 19.5 Å². The predicted molar refractivity (Wildman–Crippen MR) is 151 cm³/mol. The highest BCUT2D eigenvalue weighted by molar-refractivity contribution is 7.90. The van der Waals surface area contributed by atoms with E-state index < -0.39 is 52.8 Å². The standard InChI is InChI=1S/C27H31F3N6O8S/c1-17(2)25(37)43-19(4)44-33-36(39)34(5)14-15-42-26(38)32-45(40,41)22-12-10-21(11-13-22)35-23(16-24(31-35)27(28,29)30)20-8-6-18(3)7-9-20/h6-13,16-17,19H,14-15H2,1-5H3,(H,32,38)/b36-33-. The Balaban J connectivity index is 1.61. The molecule has 0 fully saturated rings. The number of ether oxygens (including phenoxy) is 2. The fourth-order valence-electron chi connectivity index (χ4n) is 3.46. The van der Waals surface area contributed by atoms with Crippen molar-refractivity contribution in [3.8, 4) is 16.9 Å². The molecule has 1 aromatic heterocycles. The predicted octanol–water partition coefficient (Wildman–Crippen LogP) is 4.57. The number of aromatic nitrogens is 2. The van der Waals surface area contributed by atoms with Crippen molar-refractivity contribution in [1.29, 1.82) is 0 Å². The Morgan fingerprint density at radius 3 is 2.31 bits per heavy atom. The summed E-state index contributed by atoms with van der Waals surface area (Å²) >= 11 is 0. The van der Waals surface area contributed by atoms with Crippen LogP contribution in [0.15, 0.2) is 64.8 Å². The lowest BCUT2D eigenvalue weighted by Crippen LogP contribution is -2.35. The quantitative estimate of drug-likeness (QED) is 0.0959. The number of nitrogens with zero attached hydrogens (tertiary/aromatic N) is 5. The molecule has 0 radical (unpaired) electrons. The number of hydrazine groups is 1. The molecule has 0 aliphatic rings. The largest absolute Gasteiger partial charge is 0.569 e. The van der Waals surface area contributed by atoms with Gasteiger partial charge in [0, 0.05) is 12.5 Å². The maximum absolute atomic E-state index is 13.5. The van der Waals surface area contributed by atoms with Crippen molar-refractivity contribution in [2.45, 2.75) is 45.1 Å². The number of carbonyl (C=O) groups excluding carboxylic acids is 2. The lowest BCUT2D eigenvalue weighted by atomic mass is 10.1. The second kappa shape index (κ2) is 14.3. The molecule has 0 spiro atoms. The van der Waals surface area contributed by atoms with Crippen molar-refractivity contribution in [3.05, 3.63) is 71.1 Å². The van der Waals surface area contributed by atoms with E-state index in [0.717, 1.165) is 33.5 Å². The third kappa shape index (κ3) is 9.56. The minimum Gasteiger partial charge on any atom is -0.569 e. The molecule has 0 aliphatic carbocycles. The first-order valence-corrected chi connectivity index (χ1v) is 14.8. The van der Waals surface area contributed by atoms with Crippen LogP contribution in [0.2, 0.25) is 0 Å². The molecule has 1 atom stereocenters. The third-order valence-electron chi connectivity index (χ3n) is 5.92. The van der Waals surface area contributed by atoms with E-state index in [1.807, 2.05) is 6.92 Å². The zero-order chi connectivity index (χ0) is 33.5. The van der Waals surface area contributed by atoms with Crippen molar-refractivity contribution < 1.29 is 50.5 Å². The molecule has 14 nitrogen and oxygen atoms in total. The zero-order valence-electron chi connectivity index (χ0n) is 24.8. The van der Waals surface area contributed by atoms with E-state index in [0.29, 0.717) is 5.56 Å². The number of halogens is 3. The molecular formula is C27H31F3N6O8S. The fourth-order valence-corrected chi connectivity index (χ4v) is 4.35. The van der Waals surface area contributed by atoms with Gasteiger partial charge in [0.2, 0.25) is 5.28 Å². The molecule has 0 aliphatic heterocycles. The second-order valence-corrected chi connectivity index (χ2v) is 11.6. The van der Waals surface area contributed by atoms with E-state index in [-0.39, 0.29) is 27.8 Å². The minimum absolute atomic E-state index is 0.000780.